The highest BCUT2D eigenvalue weighted by atomic mass is 32.2. The van der Waals surface area contributed by atoms with Crippen LogP contribution >= 0.6 is 11.8 Å². The summed E-state index contributed by atoms with van der Waals surface area (Å²) in [7, 11) is -0.972. The molecular weight excluding hydrogens is 270 g/mol. The second-order valence-electron chi connectivity index (χ2n) is 5.47. The standard InChI is InChI=1S/C11H23N3O2S2/c1-13-4-3-11(8-12,9-13)14-5-6-17-7-10(14)18(2,15)16/h10H,3-9,12H2,1-2H3. The minimum atomic E-state index is -3.05. The Kier molecular flexibility index (Phi) is 4.28. The van der Waals surface area contributed by atoms with Crippen LogP contribution in [0, 0.1) is 0 Å². The first-order valence-electron chi connectivity index (χ1n) is 6.31. The molecule has 0 aromatic rings. The van der Waals surface area contributed by atoms with Crippen molar-refractivity contribution in [1.82, 2.24) is 9.80 Å². The van der Waals surface area contributed by atoms with Gasteiger partial charge in [0.2, 0.25) is 0 Å². The average Bonchev–Trinajstić information content (AvgIpc) is 2.71. The second kappa shape index (κ2) is 5.28. The summed E-state index contributed by atoms with van der Waals surface area (Å²) in [5.74, 6) is 1.67. The Morgan fingerprint density at radius 3 is 2.67 bits per heavy atom. The molecule has 2 saturated heterocycles. The van der Waals surface area contributed by atoms with Gasteiger partial charge in [0.1, 0.15) is 5.37 Å². The maximum atomic E-state index is 12.0. The predicted molar refractivity (Wildman–Crippen MR) is 76.6 cm³/mol. The van der Waals surface area contributed by atoms with E-state index < -0.39 is 9.84 Å². The lowest BCUT2D eigenvalue weighted by Crippen LogP contribution is -2.63. The number of nitrogens with zero attached hydrogens (tertiary/aromatic N) is 2. The fourth-order valence-electron chi connectivity index (χ4n) is 3.06. The fraction of sp³-hybridized carbons (Fsp3) is 1.00. The topological polar surface area (TPSA) is 66.6 Å². The second-order valence-corrected chi connectivity index (χ2v) is 8.82. The van der Waals surface area contributed by atoms with Gasteiger partial charge in [-0.3, -0.25) is 4.90 Å². The van der Waals surface area contributed by atoms with Crippen molar-refractivity contribution in [2.75, 3.05) is 51.0 Å². The smallest absolute Gasteiger partial charge is 0.164 e. The number of likely N-dealkylation sites (N-methyl/N-ethyl adjacent to an activating group) is 1. The lowest BCUT2D eigenvalue weighted by molar-refractivity contribution is 0.0974. The molecule has 0 radical (unpaired) electrons. The third-order valence-corrected chi connectivity index (χ3v) is 6.73. The van der Waals surface area contributed by atoms with E-state index in [1.54, 1.807) is 11.8 Å². The monoisotopic (exact) mass is 293 g/mol. The van der Waals surface area contributed by atoms with E-state index in [1.807, 2.05) is 0 Å². The molecule has 106 valence electrons. The van der Waals surface area contributed by atoms with E-state index in [9.17, 15) is 8.42 Å². The van der Waals surface area contributed by atoms with E-state index in [4.69, 9.17) is 5.73 Å². The molecule has 2 aliphatic rings. The van der Waals surface area contributed by atoms with Gasteiger partial charge in [-0.2, -0.15) is 11.8 Å². The van der Waals surface area contributed by atoms with Crippen LogP contribution in [0.5, 0.6) is 0 Å². The van der Waals surface area contributed by atoms with Crippen LogP contribution in [0.15, 0.2) is 0 Å². The SMILES string of the molecule is CN1CCC(CN)(N2CCSCC2S(C)(=O)=O)C1. The molecule has 2 N–H and O–H groups in total. The molecule has 0 amide bonds. The summed E-state index contributed by atoms with van der Waals surface area (Å²) >= 11 is 1.73. The first kappa shape index (κ1) is 14.6. The number of likely N-dealkylation sites (tertiary alicyclic amines) is 1. The molecule has 0 aromatic carbocycles. The molecule has 18 heavy (non-hydrogen) atoms. The highest BCUT2D eigenvalue weighted by Gasteiger charge is 2.47. The molecule has 0 bridgehead atoms. The van der Waals surface area contributed by atoms with E-state index in [-0.39, 0.29) is 10.9 Å². The molecule has 0 aliphatic carbocycles. The Labute approximate surface area is 114 Å². The zero-order valence-corrected chi connectivity index (χ0v) is 12.8. The van der Waals surface area contributed by atoms with Gasteiger partial charge in [-0.1, -0.05) is 0 Å². The fourth-order valence-corrected chi connectivity index (χ4v) is 6.00. The molecule has 0 spiro atoms. The summed E-state index contributed by atoms with van der Waals surface area (Å²) in [5.41, 5.74) is 5.85. The summed E-state index contributed by atoms with van der Waals surface area (Å²) in [6.07, 6.45) is 2.32. The number of hydrogen-bond donors (Lipinski definition) is 1. The molecule has 2 unspecified atom stereocenters. The van der Waals surface area contributed by atoms with Crippen molar-refractivity contribution in [3.63, 3.8) is 0 Å². The van der Waals surface area contributed by atoms with Gasteiger partial charge in [0, 0.05) is 42.9 Å². The van der Waals surface area contributed by atoms with Crippen molar-refractivity contribution in [1.29, 1.82) is 0 Å². The van der Waals surface area contributed by atoms with Crippen molar-refractivity contribution in [2.45, 2.75) is 17.3 Å². The zero-order chi connectivity index (χ0) is 13.4. The van der Waals surface area contributed by atoms with Crippen LogP contribution in [0.2, 0.25) is 0 Å². The van der Waals surface area contributed by atoms with Gasteiger partial charge in [0.25, 0.3) is 0 Å². The number of nitrogens with two attached hydrogens (primary N) is 1. The molecule has 2 heterocycles. The van der Waals surface area contributed by atoms with E-state index in [2.05, 4.69) is 16.8 Å². The van der Waals surface area contributed by atoms with Crippen LogP contribution in [-0.2, 0) is 9.84 Å². The minimum absolute atomic E-state index is 0.149. The number of thioether (sulfide) groups is 1. The molecule has 5 nitrogen and oxygen atoms in total. The lowest BCUT2D eigenvalue weighted by atomic mass is 9.96. The molecule has 7 heteroatoms. The van der Waals surface area contributed by atoms with Crippen LogP contribution in [0.25, 0.3) is 0 Å². The van der Waals surface area contributed by atoms with E-state index in [0.717, 1.165) is 31.8 Å². The van der Waals surface area contributed by atoms with Crippen LogP contribution in [0.1, 0.15) is 6.42 Å². The van der Waals surface area contributed by atoms with Gasteiger partial charge in [-0.05, 0) is 20.0 Å². The van der Waals surface area contributed by atoms with Gasteiger partial charge < -0.3 is 10.6 Å². The molecular formula is C11H23N3O2S2. The molecule has 2 aliphatic heterocycles. The largest absolute Gasteiger partial charge is 0.329 e. The highest BCUT2D eigenvalue weighted by Crippen LogP contribution is 2.33. The van der Waals surface area contributed by atoms with E-state index in [0.29, 0.717) is 12.3 Å². The highest BCUT2D eigenvalue weighted by molar-refractivity contribution is 8.00. The number of hydrogen-bond acceptors (Lipinski definition) is 6. The molecule has 2 atom stereocenters. The van der Waals surface area contributed by atoms with Crippen LogP contribution in [0.4, 0.5) is 0 Å². The predicted octanol–water partition coefficient (Wildman–Crippen LogP) is -0.561. The number of rotatable bonds is 3. The van der Waals surface area contributed by atoms with E-state index >= 15 is 0 Å². The van der Waals surface area contributed by atoms with Gasteiger partial charge >= 0.3 is 0 Å². The summed E-state index contributed by atoms with van der Waals surface area (Å²) in [4.78, 5) is 4.41. The maximum Gasteiger partial charge on any atom is 0.164 e. The Hall–Kier alpha value is 0.180. The summed E-state index contributed by atoms with van der Waals surface area (Å²) in [6, 6.07) is 0. The molecule has 0 aromatic heterocycles. The van der Waals surface area contributed by atoms with Crippen molar-refractivity contribution in [3.05, 3.63) is 0 Å². The first-order chi connectivity index (χ1) is 8.39. The Bertz CT molecular complexity index is 401. The average molecular weight is 293 g/mol. The van der Waals surface area contributed by atoms with Gasteiger partial charge in [-0.25, -0.2) is 8.42 Å². The molecule has 2 rings (SSSR count). The Balaban J connectivity index is 2.28. The lowest BCUT2D eigenvalue weighted by Gasteiger charge is -2.46. The summed E-state index contributed by atoms with van der Waals surface area (Å²) in [5, 5.41) is -0.369. The van der Waals surface area contributed by atoms with Gasteiger partial charge in [0.05, 0.1) is 0 Å². The van der Waals surface area contributed by atoms with Crippen molar-refractivity contribution in [2.24, 2.45) is 5.73 Å². The summed E-state index contributed by atoms with van der Waals surface area (Å²) < 4.78 is 24.0. The maximum absolute atomic E-state index is 12.0. The van der Waals surface area contributed by atoms with Crippen molar-refractivity contribution < 1.29 is 8.42 Å². The van der Waals surface area contributed by atoms with Gasteiger partial charge in [-0.15, -0.1) is 0 Å². The van der Waals surface area contributed by atoms with Gasteiger partial charge in [0.15, 0.2) is 9.84 Å². The minimum Gasteiger partial charge on any atom is -0.329 e. The summed E-state index contributed by atoms with van der Waals surface area (Å²) in [6.45, 7) is 3.24. The van der Waals surface area contributed by atoms with Crippen LogP contribution < -0.4 is 5.73 Å². The van der Waals surface area contributed by atoms with Crippen molar-refractivity contribution >= 4 is 21.6 Å². The third kappa shape index (κ3) is 2.70. The normalized spacial score (nSPS) is 36.1. The van der Waals surface area contributed by atoms with Crippen LogP contribution in [0.3, 0.4) is 0 Å². The molecule has 0 saturated carbocycles. The number of sulfone groups is 1. The van der Waals surface area contributed by atoms with Crippen molar-refractivity contribution in [3.8, 4) is 0 Å². The first-order valence-corrected chi connectivity index (χ1v) is 9.42. The van der Waals surface area contributed by atoms with E-state index in [1.165, 1.54) is 6.26 Å². The zero-order valence-electron chi connectivity index (χ0n) is 11.1. The molecule has 2 fully saturated rings. The van der Waals surface area contributed by atoms with Crippen LogP contribution in [-0.4, -0.2) is 80.1 Å². The Morgan fingerprint density at radius 2 is 2.17 bits per heavy atom. The Morgan fingerprint density at radius 1 is 1.44 bits per heavy atom. The quantitative estimate of drug-likeness (QED) is 0.752. The third-order valence-electron chi connectivity index (χ3n) is 4.09.